The molecule has 2 rings (SSSR count). The highest BCUT2D eigenvalue weighted by Gasteiger charge is 2.24. The zero-order valence-electron chi connectivity index (χ0n) is 10.3. The van der Waals surface area contributed by atoms with Gasteiger partial charge in [0.25, 0.3) is 5.91 Å². The minimum atomic E-state index is -0.0385. The topological polar surface area (TPSA) is 29.1 Å². The molecule has 0 aliphatic heterocycles. The van der Waals surface area contributed by atoms with E-state index in [0.29, 0.717) is 20.6 Å². The van der Waals surface area contributed by atoms with E-state index in [-0.39, 0.29) is 5.91 Å². The van der Waals surface area contributed by atoms with E-state index in [9.17, 15) is 4.79 Å². The van der Waals surface area contributed by atoms with Crippen LogP contribution in [0.2, 0.25) is 5.02 Å². The first-order chi connectivity index (χ1) is 8.59. The fourth-order valence-electron chi connectivity index (χ4n) is 2.28. The van der Waals surface area contributed by atoms with E-state index >= 15 is 0 Å². The summed E-state index contributed by atoms with van der Waals surface area (Å²) in [5.74, 6) is 0.505. The van der Waals surface area contributed by atoms with Gasteiger partial charge in [0.1, 0.15) is 4.88 Å². The zero-order chi connectivity index (χ0) is 13.1. The molecule has 1 heterocycles. The van der Waals surface area contributed by atoms with E-state index in [0.717, 1.165) is 12.1 Å². The van der Waals surface area contributed by atoms with E-state index < -0.39 is 0 Å². The second kappa shape index (κ2) is 6.40. The van der Waals surface area contributed by atoms with Gasteiger partial charge < -0.3 is 5.32 Å². The first-order valence-electron chi connectivity index (χ1n) is 6.25. The lowest BCUT2D eigenvalue weighted by molar-refractivity contribution is 0.0948. The third-order valence-corrected chi connectivity index (χ3v) is 6.35. The van der Waals surface area contributed by atoms with Gasteiger partial charge in [0.2, 0.25) is 0 Å². The average molecular weight is 351 g/mol. The number of halogens is 2. The quantitative estimate of drug-likeness (QED) is 0.805. The second-order valence-electron chi connectivity index (χ2n) is 4.83. The van der Waals surface area contributed by atoms with Crippen molar-refractivity contribution in [3.63, 3.8) is 0 Å². The molecule has 1 aliphatic carbocycles. The molecule has 1 saturated carbocycles. The number of carbonyl (C=O) groups is 1. The minimum absolute atomic E-state index is 0.0385. The molecule has 1 amide bonds. The molecule has 0 spiro atoms. The molecular weight excluding hydrogens is 334 g/mol. The molecule has 18 heavy (non-hydrogen) atoms. The second-order valence-corrected chi connectivity index (χ2v) is 7.27. The van der Waals surface area contributed by atoms with Gasteiger partial charge in [-0.3, -0.25) is 4.79 Å². The van der Waals surface area contributed by atoms with E-state index in [1.54, 1.807) is 0 Å². The van der Waals surface area contributed by atoms with E-state index in [4.69, 9.17) is 11.6 Å². The highest BCUT2D eigenvalue weighted by atomic mass is 79.9. The van der Waals surface area contributed by atoms with Gasteiger partial charge in [-0.1, -0.05) is 40.4 Å². The van der Waals surface area contributed by atoms with Crippen molar-refractivity contribution in [2.45, 2.75) is 37.4 Å². The largest absolute Gasteiger partial charge is 0.351 e. The molecule has 1 N–H and O–H groups in total. The molecule has 0 bridgehead atoms. The molecule has 2 unspecified atom stereocenters. The van der Waals surface area contributed by atoms with Crippen molar-refractivity contribution in [1.82, 2.24) is 5.32 Å². The zero-order valence-corrected chi connectivity index (χ0v) is 13.5. The van der Waals surface area contributed by atoms with Crippen LogP contribution < -0.4 is 5.32 Å². The summed E-state index contributed by atoms with van der Waals surface area (Å²) in [6, 6.07) is 0. The highest BCUT2D eigenvalue weighted by Crippen LogP contribution is 2.30. The average Bonchev–Trinajstić information content (AvgIpc) is 2.69. The van der Waals surface area contributed by atoms with Crippen molar-refractivity contribution in [2.75, 3.05) is 6.54 Å². The number of alkyl halides is 1. The third kappa shape index (κ3) is 3.28. The van der Waals surface area contributed by atoms with Gasteiger partial charge in [0, 0.05) is 11.4 Å². The predicted molar refractivity (Wildman–Crippen MR) is 81.1 cm³/mol. The van der Waals surface area contributed by atoms with Crippen molar-refractivity contribution >= 4 is 44.8 Å². The number of amides is 1. The van der Waals surface area contributed by atoms with Gasteiger partial charge in [-0.15, -0.1) is 11.3 Å². The summed E-state index contributed by atoms with van der Waals surface area (Å²) in [6.45, 7) is 2.66. The van der Waals surface area contributed by atoms with Crippen LogP contribution in [0.15, 0.2) is 5.38 Å². The van der Waals surface area contributed by atoms with Crippen LogP contribution in [0.1, 0.15) is 40.9 Å². The summed E-state index contributed by atoms with van der Waals surface area (Å²) in [6.07, 6.45) is 4.95. The Bertz CT molecular complexity index is 435. The van der Waals surface area contributed by atoms with Gasteiger partial charge in [0.05, 0.1) is 5.02 Å². The van der Waals surface area contributed by atoms with Crippen LogP contribution in [0.25, 0.3) is 0 Å². The van der Waals surface area contributed by atoms with Gasteiger partial charge >= 0.3 is 0 Å². The van der Waals surface area contributed by atoms with E-state index in [1.807, 2.05) is 12.3 Å². The Labute approximate surface area is 125 Å². The smallest absolute Gasteiger partial charge is 0.262 e. The lowest BCUT2D eigenvalue weighted by atomic mass is 9.89. The summed E-state index contributed by atoms with van der Waals surface area (Å²) in [7, 11) is 0. The SMILES string of the molecule is Cc1csc(C(=O)NCC2CCCCC2Br)c1Cl. The van der Waals surface area contributed by atoms with Crippen molar-refractivity contribution in [3.8, 4) is 0 Å². The third-order valence-electron chi connectivity index (χ3n) is 3.45. The molecular formula is C13H17BrClNOS. The summed E-state index contributed by atoms with van der Waals surface area (Å²) in [5.41, 5.74) is 0.975. The van der Waals surface area contributed by atoms with Crippen LogP contribution in [-0.2, 0) is 0 Å². The van der Waals surface area contributed by atoms with Gasteiger partial charge in [-0.2, -0.15) is 0 Å². The fraction of sp³-hybridized carbons (Fsp3) is 0.615. The first-order valence-corrected chi connectivity index (χ1v) is 8.42. The summed E-state index contributed by atoms with van der Waals surface area (Å²) < 4.78 is 0. The lowest BCUT2D eigenvalue weighted by Crippen LogP contribution is -2.34. The molecule has 0 radical (unpaired) electrons. The van der Waals surface area contributed by atoms with Gasteiger partial charge in [-0.05, 0) is 36.6 Å². The number of carbonyl (C=O) groups excluding carboxylic acids is 1. The summed E-state index contributed by atoms with van der Waals surface area (Å²) >= 11 is 11.2. The van der Waals surface area contributed by atoms with Crippen LogP contribution in [0, 0.1) is 12.8 Å². The Morgan fingerprint density at radius 1 is 1.56 bits per heavy atom. The van der Waals surface area contributed by atoms with E-state index in [1.165, 1.54) is 37.0 Å². The molecule has 2 nitrogen and oxygen atoms in total. The maximum atomic E-state index is 12.0. The minimum Gasteiger partial charge on any atom is -0.351 e. The molecule has 100 valence electrons. The number of hydrogen-bond donors (Lipinski definition) is 1. The lowest BCUT2D eigenvalue weighted by Gasteiger charge is -2.27. The Morgan fingerprint density at radius 2 is 2.28 bits per heavy atom. The Balaban J connectivity index is 1.90. The number of thiophene rings is 1. The number of aryl methyl sites for hydroxylation is 1. The number of hydrogen-bond acceptors (Lipinski definition) is 2. The maximum Gasteiger partial charge on any atom is 0.262 e. The summed E-state index contributed by atoms with van der Waals surface area (Å²) in [4.78, 5) is 13.2. The van der Waals surface area contributed by atoms with Crippen LogP contribution in [0.5, 0.6) is 0 Å². The Hall–Kier alpha value is -0.0600. The predicted octanol–water partition coefficient (Wildman–Crippen LogP) is 4.39. The number of nitrogens with one attached hydrogen (secondary N) is 1. The van der Waals surface area contributed by atoms with Crippen molar-refractivity contribution < 1.29 is 4.79 Å². The standard InChI is InChI=1S/C13H17BrClNOS/c1-8-7-18-12(11(8)15)13(17)16-6-9-4-2-3-5-10(9)14/h7,9-10H,2-6H2,1H3,(H,16,17). The molecule has 0 saturated heterocycles. The van der Waals surface area contributed by atoms with E-state index in [2.05, 4.69) is 21.2 Å². The highest BCUT2D eigenvalue weighted by molar-refractivity contribution is 9.09. The molecule has 2 atom stereocenters. The normalized spacial score (nSPS) is 23.9. The fourth-order valence-corrected chi connectivity index (χ4v) is 4.25. The van der Waals surface area contributed by atoms with Gasteiger partial charge in [-0.25, -0.2) is 0 Å². The maximum absolute atomic E-state index is 12.0. The molecule has 5 heteroatoms. The Kier molecular flexibility index (Phi) is 5.10. The Morgan fingerprint density at radius 3 is 2.89 bits per heavy atom. The first kappa shape index (κ1) is 14.4. The van der Waals surface area contributed by atoms with Crippen LogP contribution in [0.3, 0.4) is 0 Å². The van der Waals surface area contributed by atoms with Crippen LogP contribution in [-0.4, -0.2) is 17.3 Å². The molecule has 1 aromatic heterocycles. The number of rotatable bonds is 3. The molecule has 1 aliphatic rings. The van der Waals surface area contributed by atoms with Crippen molar-refractivity contribution in [3.05, 3.63) is 20.8 Å². The van der Waals surface area contributed by atoms with Crippen LogP contribution in [0.4, 0.5) is 0 Å². The molecule has 1 aromatic rings. The van der Waals surface area contributed by atoms with Crippen molar-refractivity contribution in [2.24, 2.45) is 5.92 Å². The van der Waals surface area contributed by atoms with Crippen LogP contribution >= 0.6 is 38.9 Å². The molecule has 1 fully saturated rings. The van der Waals surface area contributed by atoms with Gasteiger partial charge in [0.15, 0.2) is 0 Å². The van der Waals surface area contributed by atoms with Crippen molar-refractivity contribution in [1.29, 1.82) is 0 Å². The molecule has 0 aromatic carbocycles. The monoisotopic (exact) mass is 349 g/mol. The summed E-state index contributed by atoms with van der Waals surface area (Å²) in [5, 5.41) is 5.53.